The molecule has 0 spiro atoms. The molecule has 1 aromatic rings. The average Bonchev–Trinajstić information content (AvgIpc) is 2.76. The first-order valence-corrected chi connectivity index (χ1v) is 5.36. The fourth-order valence-electron chi connectivity index (χ4n) is 1.98. The van der Waals surface area contributed by atoms with Crippen LogP contribution in [0.3, 0.4) is 0 Å². The minimum absolute atomic E-state index is 0.716. The molecule has 6 nitrogen and oxygen atoms in total. The summed E-state index contributed by atoms with van der Waals surface area (Å²) in [5.41, 5.74) is 0. The SMILES string of the molecule is CN1CCC(CNCc2nnn(C)n2)C1. The molecule has 1 atom stereocenters. The standard InChI is InChI=1S/C9H18N6/c1-14-4-3-8(7-14)5-10-6-9-11-13-15(2)12-9/h8,10H,3-7H2,1-2H3. The van der Waals surface area contributed by atoms with Crippen LogP contribution in [0.15, 0.2) is 0 Å². The van der Waals surface area contributed by atoms with E-state index in [4.69, 9.17) is 0 Å². The van der Waals surface area contributed by atoms with E-state index in [0.29, 0.717) is 6.54 Å². The van der Waals surface area contributed by atoms with Gasteiger partial charge in [0.15, 0.2) is 5.82 Å². The van der Waals surface area contributed by atoms with Crippen molar-refractivity contribution in [2.45, 2.75) is 13.0 Å². The Hall–Kier alpha value is -1.01. The maximum absolute atomic E-state index is 4.11. The van der Waals surface area contributed by atoms with E-state index in [1.807, 2.05) is 0 Å². The van der Waals surface area contributed by atoms with E-state index in [1.54, 1.807) is 7.05 Å². The Labute approximate surface area is 89.6 Å². The maximum Gasteiger partial charge on any atom is 0.188 e. The van der Waals surface area contributed by atoms with E-state index in [1.165, 1.54) is 24.3 Å². The number of hydrogen-bond donors (Lipinski definition) is 1. The largest absolute Gasteiger partial charge is 0.309 e. The first-order valence-electron chi connectivity index (χ1n) is 5.36. The van der Waals surface area contributed by atoms with Gasteiger partial charge in [-0.1, -0.05) is 0 Å². The summed E-state index contributed by atoms with van der Waals surface area (Å²) in [5.74, 6) is 1.54. The van der Waals surface area contributed by atoms with Gasteiger partial charge in [-0.2, -0.15) is 4.80 Å². The summed E-state index contributed by atoms with van der Waals surface area (Å²) < 4.78 is 0. The Morgan fingerprint density at radius 2 is 2.33 bits per heavy atom. The molecule has 0 radical (unpaired) electrons. The third kappa shape index (κ3) is 2.97. The summed E-state index contributed by atoms with van der Waals surface area (Å²) in [6.07, 6.45) is 1.29. The quantitative estimate of drug-likeness (QED) is 0.708. The number of likely N-dealkylation sites (tertiary alicyclic amines) is 1. The Kier molecular flexibility index (Phi) is 3.27. The second-order valence-corrected chi connectivity index (χ2v) is 4.24. The van der Waals surface area contributed by atoms with Crippen molar-refractivity contribution in [3.8, 4) is 0 Å². The van der Waals surface area contributed by atoms with Crippen molar-refractivity contribution in [3.05, 3.63) is 5.82 Å². The number of rotatable bonds is 4. The second-order valence-electron chi connectivity index (χ2n) is 4.24. The highest BCUT2D eigenvalue weighted by molar-refractivity contribution is 4.78. The lowest BCUT2D eigenvalue weighted by Crippen LogP contribution is -2.25. The zero-order valence-electron chi connectivity index (χ0n) is 9.35. The highest BCUT2D eigenvalue weighted by Crippen LogP contribution is 2.12. The van der Waals surface area contributed by atoms with E-state index in [2.05, 4.69) is 32.7 Å². The van der Waals surface area contributed by atoms with Gasteiger partial charge in [-0.15, -0.1) is 10.2 Å². The molecule has 0 bridgehead atoms. The molecule has 6 heteroatoms. The van der Waals surface area contributed by atoms with Gasteiger partial charge in [-0.05, 0) is 37.7 Å². The van der Waals surface area contributed by atoms with Crippen LogP contribution in [-0.2, 0) is 13.6 Å². The monoisotopic (exact) mass is 210 g/mol. The number of aryl methyl sites for hydroxylation is 1. The molecule has 0 amide bonds. The lowest BCUT2D eigenvalue weighted by Gasteiger charge is -2.10. The van der Waals surface area contributed by atoms with Crippen LogP contribution in [0.4, 0.5) is 0 Å². The van der Waals surface area contributed by atoms with Crippen molar-refractivity contribution < 1.29 is 0 Å². The molecule has 0 saturated carbocycles. The molecule has 1 saturated heterocycles. The van der Waals surface area contributed by atoms with Gasteiger partial charge in [-0.3, -0.25) is 0 Å². The molecule has 1 N–H and O–H groups in total. The fourth-order valence-corrected chi connectivity index (χ4v) is 1.98. The van der Waals surface area contributed by atoms with Gasteiger partial charge in [-0.25, -0.2) is 0 Å². The summed E-state index contributed by atoms with van der Waals surface area (Å²) in [7, 11) is 3.95. The second kappa shape index (κ2) is 4.67. The zero-order valence-corrected chi connectivity index (χ0v) is 9.35. The fraction of sp³-hybridized carbons (Fsp3) is 0.889. The van der Waals surface area contributed by atoms with Crippen molar-refractivity contribution in [3.63, 3.8) is 0 Å². The normalized spacial score (nSPS) is 22.4. The van der Waals surface area contributed by atoms with Crippen molar-refractivity contribution in [2.24, 2.45) is 13.0 Å². The zero-order chi connectivity index (χ0) is 10.7. The van der Waals surface area contributed by atoms with Crippen LogP contribution in [0.25, 0.3) is 0 Å². The Balaban J connectivity index is 1.67. The van der Waals surface area contributed by atoms with Crippen molar-refractivity contribution in [1.29, 1.82) is 0 Å². The number of aromatic nitrogens is 4. The van der Waals surface area contributed by atoms with E-state index >= 15 is 0 Å². The minimum atomic E-state index is 0.716. The molecule has 15 heavy (non-hydrogen) atoms. The van der Waals surface area contributed by atoms with Gasteiger partial charge in [0.2, 0.25) is 0 Å². The van der Waals surface area contributed by atoms with Crippen LogP contribution in [0.1, 0.15) is 12.2 Å². The van der Waals surface area contributed by atoms with Crippen molar-refractivity contribution in [2.75, 3.05) is 26.7 Å². The summed E-state index contributed by atoms with van der Waals surface area (Å²) in [6.45, 7) is 4.17. The smallest absolute Gasteiger partial charge is 0.188 e. The predicted molar refractivity (Wildman–Crippen MR) is 56.1 cm³/mol. The van der Waals surface area contributed by atoms with Crippen LogP contribution in [0, 0.1) is 5.92 Å². The predicted octanol–water partition coefficient (Wildman–Crippen LogP) is -0.749. The molecule has 0 aliphatic carbocycles. The van der Waals surface area contributed by atoms with Gasteiger partial charge < -0.3 is 10.2 Å². The van der Waals surface area contributed by atoms with Crippen LogP contribution < -0.4 is 5.32 Å². The van der Waals surface area contributed by atoms with E-state index in [9.17, 15) is 0 Å². The summed E-state index contributed by atoms with van der Waals surface area (Å²) in [6, 6.07) is 0. The summed E-state index contributed by atoms with van der Waals surface area (Å²) in [5, 5.41) is 15.2. The van der Waals surface area contributed by atoms with Crippen LogP contribution >= 0.6 is 0 Å². The third-order valence-electron chi connectivity index (χ3n) is 2.75. The third-order valence-corrected chi connectivity index (χ3v) is 2.75. The first-order chi connectivity index (χ1) is 7.24. The van der Waals surface area contributed by atoms with Crippen molar-refractivity contribution >= 4 is 0 Å². The molecule has 1 aromatic heterocycles. The Morgan fingerprint density at radius 1 is 1.47 bits per heavy atom. The first kappa shape index (κ1) is 10.5. The molecule has 0 aromatic carbocycles. The highest BCUT2D eigenvalue weighted by atomic mass is 15.6. The number of nitrogens with one attached hydrogen (secondary N) is 1. The molecule has 1 unspecified atom stereocenters. The molecule has 1 aliphatic heterocycles. The number of hydrogen-bond acceptors (Lipinski definition) is 5. The molecule has 1 fully saturated rings. The van der Waals surface area contributed by atoms with Gasteiger partial charge in [0, 0.05) is 6.54 Å². The topological polar surface area (TPSA) is 58.9 Å². The van der Waals surface area contributed by atoms with E-state index in [-0.39, 0.29) is 0 Å². The minimum Gasteiger partial charge on any atom is -0.309 e. The van der Waals surface area contributed by atoms with E-state index in [0.717, 1.165) is 18.3 Å². The van der Waals surface area contributed by atoms with Crippen molar-refractivity contribution in [1.82, 2.24) is 30.4 Å². The molecule has 2 rings (SSSR count). The summed E-state index contributed by atoms with van der Waals surface area (Å²) >= 11 is 0. The summed E-state index contributed by atoms with van der Waals surface area (Å²) in [4.78, 5) is 3.85. The molecule has 2 heterocycles. The maximum atomic E-state index is 4.11. The molecular weight excluding hydrogens is 192 g/mol. The van der Waals surface area contributed by atoms with Crippen LogP contribution in [0.2, 0.25) is 0 Å². The Bertz CT molecular complexity index is 309. The van der Waals surface area contributed by atoms with Gasteiger partial charge in [0.05, 0.1) is 13.6 Å². The van der Waals surface area contributed by atoms with Crippen LogP contribution in [-0.4, -0.2) is 51.8 Å². The van der Waals surface area contributed by atoms with Gasteiger partial charge in [0.1, 0.15) is 0 Å². The highest BCUT2D eigenvalue weighted by Gasteiger charge is 2.18. The molecule has 1 aliphatic rings. The number of nitrogens with zero attached hydrogens (tertiary/aromatic N) is 5. The molecule has 84 valence electrons. The van der Waals surface area contributed by atoms with E-state index < -0.39 is 0 Å². The lowest BCUT2D eigenvalue weighted by atomic mass is 10.1. The van der Waals surface area contributed by atoms with Gasteiger partial charge in [0.25, 0.3) is 0 Å². The lowest BCUT2D eigenvalue weighted by molar-refractivity contribution is 0.387. The average molecular weight is 210 g/mol. The Morgan fingerprint density at radius 3 is 2.93 bits per heavy atom. The van der Waals surface area contributed by atoms with Crippen LogP contribution in [0.5, 0.6) is 0 Å². The van der Waals surface area contributed by atoms with Gasteiger partial charge >= 0.3 is 0 Å². The number of tetrazole rings is 1. The molecular formula is C9H18N6.